The molecule has 1 saturated heterocycles. The molecular weight excluding hydrogens is 281 g/mol. The van der Waals surface area contributed by atoms with E-state index in [1.54, 1.807) is 7.11 Å². The van der Waals surface area contributed by atoms with Crippen molar-refractivity contribution in [2.75, 3.05) is 25.1 Å². The van der Waals surface area contributed by atoms with Crippen LogP contribution in [0.4, 0.5) is 5.82 Å². The summed E-state index contributed by atoms with van der Waals surface area (Å²) in [5.41, 5.74) is 0. The molecule has 0 amide bonds. The lowest BCUT2D eigenvalue weighted by molar-refractivity contribution is 0.121. The number of hydrogen-bond acceptors (Lipinski definition) is 4. The molecule has 82 valence electrons. The van der Waals surface area contributed by atoms with Gasteiger partial charge in [-0.15, -0.1) is 0 Å². The van der Waals surface area contributed by atoms with E-state index < -0.39 is 0 Å². The van der Waals surface area contributed by atoms with Crippen molar-refractivity contribution in [3.63, 3.8) is 0 Å². The van der Waals surface area contributed by atoms with E-state index in [1.165, 1.54) is 6.33 Å². The summed E-state index contributed by atoms with van der Waals surface area (Å²) in [5, 5.41) is 0.445. The van der Waals surface area contributed by atoms with Crippen molar-refractivity contribution in [3.8, 4) is 0 Å². The minimum Gasteiger partial charge on any atom is -0.380 e. The Balaban J connectivity index is 2.20. The normalized spacial score (nSPS) is 21.0. The highest BCUT2D eigenvalue weighted by molar-refractivity contribution is 9.10. The van der Waals surface area contributed by atoms with Crippen LogP contribution in [0.5, 0.6) is 0 Å². The zero-order chi connectivity index (χ0) is 10.8. The van der Waals surface area contributed by atoms with Crippen LogP contribution in [0.15, 0.2) is 10.8 Å². The van der Waals surface area contributed by atoms with Gasteiger partial charge in [-0.2, -0.15) is 0 Å². The molecule has 1 atom stereocenters. The van der Waals surface area contributed by atoms with Crippen molar-refractivity contribution in [2.24, 2.45) is 0 Å². The fraction of sp³-hybridized carbons (Fsp3) is 0.556. The molecule has 1 fully saturated rings. The summed E-state index contributed by atoms with van der Waals surface area (Å²) in [6.07, 6.45) is 2.78. The van der Waals surface area contributed by atoms with E-state index in [9.17, 15) is 0 Å². The summed E-state index contributed by atoms with van der Waals surface area (Å²) in [6.45, 7) is 1.78. The van der Waals surface area contributed by atoms with Crippen LogP contribution in [-0.4, -0.2) is 36.3 Å². The number of aromatic nitrogens is 2. The van der Waals surface area contributed by atoms with Crippen molar-refractivity contribution in [1.29, 1.82) is 0 Å². The Morgan fingerprint density at radius 2 is 2.40 bits per heavy atom. The second-order valence-corrected chi connectivity index (χ2v) is 4.55. The molecule has 2 heterocycles. The second kappa shape index (κ2) is 4.63. The zero-order valence-corrected chi connectivity index (χ0v) is 10.6. The Bertz CT molecular complexity index is 363. The minimum absolute atomic E-state index is 0.283. The quantitative estimate of drug-likeness (QED) is 0.783. The zero-order valence-electron chi connectivity index (χ0n) is 8.28. The molecule has 1 aromatic rings. The molecule has 0 aromatic carbocycles. The van der Waals surface area contributed by atoms with Gasteiger partial charge in [0.25, 0.3) is 0 Å². The highest BCUT2D eigenvalue weighted by atomic mass is 79.9. The molecule has 0 aliphatic carbocycles. The lowest BCUT2D eigenvalue weighted by atomic mass is 10.3. The maximum atomic E-state index is 5.91. The Kier molecular flexibility index (Phi) is 3.43. The SMILES string of the molecule is COC1CCN(c2ncnc(Cl)c2Br)C1. The fourth-order valence-corrected chi connectivity index (χ4v) is 2.26. The van der Waals surface area contributed by atoms with Gasteiger partial charge < -0.3 is 9.64 Å². The third kappa shape index (κ3) is 2.24. The first kappa shape index (κ1) is 11.1. The Morgan fingerprint density at radius 1 is 1.60 bits per heavy atom. The van der Waals surface area contributed by atoms with E-state index in [2.05, 4.69) is 30.8 Å². The lowest BCUT2D eigenvalue weighted by Crippen LogP contribution is -2.23. The van der Waals surface area contributed by atoms with E-state index in [0.29, 0.717) is 5.15 Å². The standard InChI is InChI=1S/C9H11BrClN3O/c1-15-6-2-3-14(4-6)9-7(10)8(11)12-5-13-9/h5-6H,2-4H2,1H3. The highest BCUT2D eigenvalue weighted by Crippen LogP contribution is 2.31. The van der Waals surface area contributed by atoms with Gasteiger partial charge in [-0.25, -0.2) is 9.97 Å². The number of nitrogens with zero attached hydrogens (tertiary/aromatic N) is 3. The average Bonchev–Trinajstić information content (AvgIpc) is 2.70. The minimum atomic E-state index is 0.283. The average molecular weight is 293 g/mol. The Hall–Kier alpha value is -0.390. The van der Waals surface area contributed by atoms with Crippen LogP contribution >= 0.6 is 27.5 Å². The van der Waals surface area contributed by atoms with Crippen molar-refractivity contribution in [1.82, 2.24) is 9.97 Å². The molecule has 1 unspecified atom stereocenters. The molecule has 1 aliphatic heterocycles. The molecular formula is C9H11BrClN3O. The number of hydrogen-bond donors (Lipinski definition) is 0. The highest BCUT2D eigenvalue weighted by Gasteiger charge is 2.25. The lowest BCUT2D eigenvalue weighted by Gasteiger charge is -2.18. The van der Waals surface area contributed by atoms with Gasteiger partial charge in [-0.05, 0) is 22.4 Å². The summed E-state index contributed by atoms with van der Waals surface area (Å²) in [5.74, 6) is 0.842. The predicted molar refractivity (Wildman–Crippen MR) is 62.4 cm³/mol. The molecule has 0 N–H and O–H groups in total. The molecule has 15 heavy (non-hydrogen) atoms. The van der Waals surface area contributed by atoms with Crippen LogP contribution in [0, 0.1) is 0 Å². The molecule has 1 aromatic heterocycles. The van der Waals surface area contributed by atoms with E-state index in [-0.39, 0.29) is 6.10 Å². The van der Waals surface area contributed by atoms with Crippen LogP contribution in [0.2, 0.25) is 5.15 Å². The first-order valence-electron chi connectivity index (χ1n) is 4.66. The van der Waals surface area contributed by atoms with Gasteiger partial charge in [0.15, 0.2) is 0 Å². The van der Waals surface area contributed by atoms with Gasteiger partial charge in [0, 0.05) is 20.2 Å². The summed E-state index contributed by atoms with van der Waals surface area (Å²) >= 11 is 9.30. The van der Waals surface area contributed by atoms with E-state index in [4.69, 9.17) is 16.3 Å². The molecule has 6 heteroatoms. The van der Waals surface area contributed by atoms with E-state index in [1.807, 2.05) is 0 Å². The summed E-state index contributed by atoms with van der Waals surface area (Å²) < 4.78 is 6.05. The smallest absolute Gasteiger partial charge is 0.148 e. The third-order valence-electron chi connectivity index (χ3n) is 2.51. The first-order valence-corrected chi connectivity index (χ1v) is 5.83. The van der Waals surface area contributed by atoms with Gasteiger partial charge in [-0.3, -0.25) is 0 Å². The van der Waals surface area contributed by atoms with Crippen LogP contribution in [0.3, 0.4) is 0 Å². The van der Waals surface area contributed by atoms with Gasteiger partial charge >= 0.3 is 0 Å². The fourth-order valence-electron chi connectivity index (χ4n) is 1.67. The van der Waals surface area contributed by atoms with Gasteiger partial charge in [0.1, 0.15) is 17.3 Å². The van der Waals surface area contributed by atoms with Crippen molar-refractivity contribution >= 4 is 33.3 Å². The van der Waals surface area contributed by atoms with Crippen LogP contribution in [0.1, 0.15) is 6.42 Å². The number of halogens is 2. The Labute approximate surface area is 102 Å². The number of rotatable bonds is 2. The van der Waals surface area contributed by atoms with Crippen molar-refractivity contribution < 1.29 is 4.74 Å². The monoisotopic (exact) mass is 291 g/mol. The third-order valence-corrected chi connectivity index (χ3v) is 3.75. The molecule has 2 rings (SSSR count). The van der Waals surface area contributed by atoms with Crippen molar-refractivity contribution in [2.45, 2.75) is 12.5 Å². The van der Waals surface area contributed by atoms with Crippen molar-refractivity contribution in [3.05, 3.63) is 16.0 Å². The molecule has 0 spiro atoms. The van der Waals surface area contributed by atoms with Gasteiger partial charge in [-0.1, -0.05) is 11.6 Å². The van der Waals surface area contributed by atoms with Crippen LogP contribution in [-0.2, 0) is 4.74 Å². The topological polar surface area (TPSA) is 38.2 Å². The molecule has 0 bridgehead atoms. The summed E-state index contributed by atoms with van der Waals surface area (Å²) in [7, 11) is 1.73. The van der Waals surface area contributed by atoms with E-state index in [0.717, 1.165) is 29.8 Å². The largest absolute Gasteiger partial charge is 0.380 e. The van der Waals surface area contributed by atoms with Gasteiger partial charge in [0.05, 0.1) is 10.6 Å². The maximum Gasteiger partial charge on any atom is 0.148 e. The number of ether oxygens (including phenoxy) is 1. The van der Waals surface area contributed by atoms with E-state index >= 15 is 0 Å². The van der Waals surface area contributed by atoms with Crippen LogP contribution < -0.4 is 4.90 Å². The molecule has 0 radical (unpaired) electrons. The molecule has 1 aliphatic rings. The maximum absolute atomic E-state index is 5.91. The summed E-state index contributed by atoms with van der Waals surface area (Å²) in [6, 6.07) is 0. The summed E-state index contributed by atoms with van der Waals surface area (Å²) in [4.78, 5) is 10.3. The first-order chi connectivity index (χ1) is 7.22. The van der Waals surface area contributed by atoms with Crippen LogP contribution in [0.25, 0.3) is 0 Å². The predicted octanol–water partition coefficient (Wildman–Crippen LogP) is 2.12. The molecule has 4 nitrogen and oxygen atoms in total. The number of anilines is 1. The second-order valence-electron chi connectivity index (χ2n) is 3.39. The molecule has 0 saturated carbocycles. The van der Waals surface area contributed by atoms with Gasteiger partial charge in [0.2, 0.25) is 0 Å². The number of methoxy groups -OCH3 is 1. The Morgan fingerprint density at radius 3 is 3.07 bits per heavy atom.